The molecule has 0 aliphatic heterocycles. The molecule has 0 radical (unpaired) electrons. The number of unbranched alkanes of at least 4 members (excludes halogenated alkanes) is 5. The van der Waals surface area contributed by atoms with Crippen molar-refractivity contribution in [2.45, 2.75) is 70.3 Å². The van der Waals surface area contributed by atoms with E-state index in [1.807, 2.05) is 6.92 Å². The molecule has 0 aliphatic rings. The van der Waals surface area contributed by atoms with E-state index in [1.54, 1.807) is 0 Å². The van der Waals surface area contributed by atoms with Crippen molar-refractivity contribution in [2.75, 3.05) is 0 Å². The van der Waals surface area contributed by atoms with Crippen LogP contribution in [0.25, 0.3) is 0 Å². The molecule has 19 heavy (non-hydrogen) atoms. The summed E-state index contributed by atoms with van der Waals surface area (Å²) in [5.41, 5.74) is 5.09. The van der Waals surface area contributed by atoms with Crippen LogP contribution in [0.2, 0.25) is 0 Å². The standard InChI is InChI=1S/C12H21F6N/c1-2-3-4-5-6-7-8-9(19)10(11(13,14)15)12(16,17)18/h9-10H,2-8,19H2,1H3. The smallest absolute Gasteiger partial charge is 0.327 e. The van der Waals surface area contributed by atoms with Crippen molar-refractivity contribution in [3.63, 3.8) is 0 Å². The van der Waals surface area contributed by atoms with Crippen molar-refractivity contribution in [3.8, 4) is 0 Å². The first-order valence-corrected chi connectivity index (χ1v) is 6.49. The van der Waals surface area contributed by atoms with Gasteiger partial charge in [-0.15, -0.1) is 0 Å². The third kappa shape index (κ3) is 7.64. The molecule has 116 valence electrons. The largest absolute Gasteiger partial charge is 0.401 e. The minimum Gasteiger partial charge on any atom is -0.327 e. The summed E-state index contributed by atoms with van der Waals surface area (Å²) < 4.78 is 74.1. The Balaban J connectivity index is 4.17. The van der Waals surface area contributed by atoms with Gasteiger partial charge in [0.2, 0.25) is 0 Å². The van der Waals surface area contributed by atoms with E-state index in [1.165, 1.54) is 0 Å². The van der Waals surface area contributed by atoms with E-state index in [0.717, 1.165) is 25.7 Å². The average molecular weight is 293 g/mol. The summed E-state index contributed by atoms with van der Waals surface area (Å²) in [7, 11) is 0. The summed E-state index contributed by atoms with van der Waals surface area (Å²) in [4.78, 5) is 0. The molecule has 0 aromatic carbocycles. The second-order valence-corrected chi connectivity index (χ2v) is 4.78. The van der Waals surface area contributed by atoms with Crippen LogP contribution in [0.3, 0.4) is 0 Å². The van der Waals surface area contributed by atoms with Crippen molar-refractivity contribution in [2.24, 2.45) is 11.7 Å². The highest BCUT2D eigenvalue weighted by atomic mass is 19.4. The molecule has 7 heteroatoms. The van der Waals surface area contributed by atoms with E-state index < -0.39 is 24.3 Å². The molecule has 1 unspecified atom stereocenters. The predicted octanol–water partition coefficient (Wildman–Crippen LogP) is 4.81. The van der Waals surface area contributed by atoms with Crippen molar-refractivity contribution < 1.29 is 26.3 Å². The van der Waals surface area contributed by atoms with E-state index in [9.17, 15) is 26.3 Å². The number of rotatable bonds is 8. The molecule has 1 atom stereocenters. The van der Waals surface area contributed by atoms with Crippen molar-refractivity contribution in [3.05, 3.63) is 0 Å². The molecular weight excluding hydrogens is 272 g/mol. The van der Waals surface area contributed by atoms with Gasteiger partial charge in [-0.25, -0.2) is 0 Å². The Morgan fingerprint density at radius 3 is 1.63 bits per heavy atom. The zero-order valence-electron chi connectivity index (χ0n) is 10.9. The summed E-state index contributed by atoms with van der Waals surface area (Å²) in [6.07, 6.45) is -6.17. The maximum atomic E-state index is 12.3. The van der Waals surface area contributed by atoms with Gasteiger partial charge < -0.3 is 5.73 Å². The first-order chi connectivity index (χ1) is 8.60. The van der Waals surface area contributed by atoms with E-state index >= 15 is 0 Å². The first-order valence-electron chi connectivity index (χ1n) is 6.49. The van der Waals surface area contributed by atoms with Crippen LogP contribution in [0, 0.1) is 5.92 Å². The van der Waals surface area contributed by atoms with Gasteiger partial charge in [-0.3, -0.25) is 0 Å². The molecule has 0 aliphatic carbocycles. The van der Waals surface area contributed by atoms with Gasteiger partial charge in [0.1, 0.15) is 0 Å². The SMILES string of the molecule is CCCCCCCCC(N)C(C(F)(F)F)C(F)(F)F. The lowest BCUT2D eigenvalue weighted by Crippen LogP contribution is -2.48. The number of hydrogen-bond acceptors (Lipinski definition) is 1. The summed E-state index contributed by atoms with van der Waals surface area (Å²) in [5.74, 6) is -3.42. The molecule has 2 N–H and O–H groups in total. The molecular formula is C12H21F6N. The van der Waals surface area contributed by atoms with Crippen LogP contribution in [0.5, 0.6) is 0 Å². The summed E-state index contributed by atoms with van der Waals surface area (Å²) in [6, 6.07) is -1.91. The van der Waals surface area contributed by atoms with Gasteiger partial charge in [-0.1, -0.05) is 45.4 Å². The molecule has 0 bridgehead atoms. The maximum absolute atomic E-state index is 12.3. The van der Waals surface area contributed by atoms with Gasteiger partial charge in [0.05, 0.1) is 0 Å². The maximum Gasteiger partial charge on any atom is 0.401 e. The molecule has 0 aromatic rings. The van der Waals surface area contributed by atoms with Crippen molar-refractivity contribution in [1.29, 1.82) is 0 Å². The van der Waals surface area contributed by atoms with Crippen LogP contribution in [-0.4, -0.2) is 18.4 Å². The van der Waals surface area contributed by atoms with Crippen molar-refractivity contribution in [1.82, 2.24) is 0 Å². The molecule has 0 fully saturated rings. The predicted molar refractivity (Wildman–Crippen MR) is 61.6 cm³/mol. The molecule has 0 aromatic heterocycles. The van der Waals surface area contributed by atoms with Crippen LogP contribution >= 0.6 is 0 Å². The Kier molecular flexibility index (Phi) is 7.78. The van der Waals surface area contributed by atoms with Gasteiger partial charge >= 0.3 is 12.4 Å². The topological polar surface area (TPSA) is 26.0 Å². The lowest BCUT2D eigenvalue weighted by Gasteiger charge is -2.28. The molecule has 0 heterocycles. The van der Waals surface area contributed by atoms with Gasteiger partial charge in [0.15, 0.2) is 5.92 Å². The fourth-order valence-electron chi connectivity index (χ4n) is 2.00. The lowest BCUT2D eigenvalue weighted by atomic mass is 9.94. The van der Waals surface area contributed by atoms with Gasteiger partial charge in [0.25, 0.3) is 0 Å². The van der Waals surface area contributed by atoms with Gasteiger partial charge in [-0.05, 0) is 6.42 Å². The van der Waals surface area contributed by atoms with E-state index in [4.69, 9.17) is 5.73 Å². The highest BCUT2D eigenvalue weighted by molar-refractivity contribution is 4.84. The zero-order valence-corrected chi connectivity index (χ0v) is 10.9. The van der Waals surface area contributed by atoms with Crippen LogP contribution < -0.4 is 5.73 Å². The number of alkyl halides is 6. The number of nitrogens with two attached hydrogens (primary N) is 1. The highest BCUT2D eigenvalue weighted by Gasteiger charge is 2.59. The van der Waals surface area contributed by atoms with Crippen LogP contribution in [-0.2, 0) is 0 Å². The third-order valence-corrected chi connectivity index (χ3v) is 3.02. The quantitative estimate of drug-likeness (QED) is 0.504. The Labute approximate surface area is 109 Å². The third-order valence-electron chi connectivity index (χ3n) is 3.02. The molecule has 0 amide bonds. The second kappa shape index (κ2) is 7.97. The summed E-state index contributed by atoms with van der Waals surface area (Å²) in [6.45, 7) is 2.02. The van der Waals surface area contributed by atoms with Crippen LogP contribution in [0.4, 0.5) is 26.3 Å². The van der Waals surface area contributed by atoms with Gasteiger partial charge in [0, 0.05) is 6.04 Å². The van der Waals surface area contributed by atoms with Crippen LogP contribution in [0.15, 0.2) is 0 Å². The minimum absolute atomic E-state index is 0.254. The zero-order chi connectivity index (χ0) is 15.1. The Morgan fingerprint density at radius 2 is 1.21 bits per heavy atom. The Morgan fingerprint density at radius 1 is 0.789 bits per heavy atom. The lowest BCUT2D eigenvalue weighted by molar-refractivity contribution is -0.289. The molecule has 0 rings (SSSR count). The average Bonchev–Trinajstić information content (AvgIpc) is 2.18. The monoisotopic (exact) mass is 293 g/mol. The van der Waals surface area contributed by atoms with E-state index in [2.05, 4.69) is 0 Å². The fraction of sp³-hybridized carbons (Fsp3) is 1.00. The van der Waals surface area contributed by atoms with E-state index in [-0.39, 0.29) is 6.42 Å². The molecule has 0 saturated heterocycles. The fourth-order valence-corrected chi connectivity index (χ4v) is 2.00. The summed E-state index contributed by atoms with van der Waals surface area (Å²) >= 11 is 0. The normalized spacial score (nSPS) is 15.0. The highest BCUT2D eigenvalue weighted by Crippen LogP contribution is 2.41. The summed E-state index contributed by atoms with van der Waals surface area (Å²) in [5, 5.41) is 0. The number of halogens is 6. The van der Waals surface area contributed by atoms with E-state index in [0.29, 0.717) is 12.8 Å². The Hall–Kier alpha value is -0.460. The molecule has 1 nitrogen and oxygen atoms in total. The number of hydrogen-bond donors (Lipinski definition) is 1. The molecule has 0 spiro atoms. The molecule has 0 saturated carbocycles. The Bertz CT molecular complexity index is 221. The van der Waals surface area contributed by atoms with Crippen molar-refractivity contribution >= 4 is 0 Å². The first kappa shape index (κ1) is 18.5. The van der Waals surface area contributed by atoms with Crippen LogP contribution in [0.1, 0.15) is 51.9 Å². The second-order valence-electron chi connectivity index (χ2n) is 4.78. The van der Waals surface area contributed by atoms with Gasteiger partial charge in [-0.2, -0.15) is 26.3 Å². The minimum atomic E-state index is -5.33.